The molecule has 1 aromatic rings. The molecule has 20 heavy (non-hydrogen) atoms. The summed E-state index contributed by atoms with van der Waals surface area (Å²) < 4.78 is 9.70. The van der Waals surface area contributed by atoms with E-state index in [4.69, 9.17) is 16.3 Å². The van der Waals surface area contributed by atoms with E-state index in [9.17, 15) is 9.59 Å². The van der Waals surface area contributed by atoms with Crippen LogP contribution in [-0.2, 0) is 19.1 Å². The molecule has 0 atom stereocenters. The van der Waals surface area contributed by atoms with Crippen LogP contribution in [0, 0.1) is 0 Å². The summed E-state index contributed by atoms with van der Waals surface area (Å²) in [4.78, 5) is 23.4. The van der Waals surface area contributed by atoms with Crippen molar-refractivity contribution in [1.82, 2.24) is 5.32 Å². The van der Waals surface area contributed by atoms with Crippen molar-refractivity contribution in [1.29, 1.82) is 0 Å². The van der Waals surface area contributed by atoms with Gasteiger partial charge in [-0.25, -0.2) is 4.79 Å². The summed E-state index contributed by atoms with van der Waals surface area (Å²) in [5.41, 5.74) is 1.07. The first kappa shape index (κ1) is 14.1. The summed E-state index contributed by atoms with van der Waals surface area (Å²) in [6.07, 6.45) is 1.68. The van der Waals surface area contributed by atoms with Crippen molar-refractivity contribution in [2.75, 3.05) is 14.2 Å². The van der Waals surface area contributed by atoms with Gasteiger partial charge in [0.2, 0.25) is 0 Å². The summed E-state index contributed by atoms with van der Waals surface area (Å²) in [7, 11) is 2.59. The van der Waals surface area contributed by atoms with Gasteiger partial charge in [0.05, 0.1) is 19.9 Å². The van der Waals surface area contributed by atoms with Crippen LogP contribution in [0.2, 0.25) is 5.02 Å². The predicted molar refractivity (Wildman–Crippen MR) is 73.6 cm³/mol. The Hall–Kier alpha value is -2.27. The summed E-state index contributed by atoms with van der Waals surface area (Å²) in [6, 6.07) is 7.01. The maximum Gasteiger partial charge on any atom is 0.347 e. The SMILES string of the molecule is COC(=O)C1=C(OC)/C(=C\c2ccc(Cl)cc2)NC1=O. The van der Waals surface area contributed by atoms with Crippen molar-refractivity contribution in [2.45, 2.75) is 0 Å². The van der Waals surface area contributed by atoms with E-state index in [1.54, 1.807) is 30.3 Å². The van der Waals surface area contributed by atoms with Gasteiger partial charge in [0.15, 0.2) is 11.3 Å². The first-order valence-corrected chi connectivity index (χ1v) is 6.10. The van der Waals surface area contributed by atoms with Crippen molar-refractivity contribution >= 4 is 29.6 Å². The monoisotopic (exact) mass is 293 g/mol. The van der Waals surface area contributed by atoms with E-state index in [2.05, 4.69) is 10.1 Å². The van der Waals surface area contributed by atoms with Crippen LogP contribution in [0.1, 0.15) is 5.56 Å². The highest BCUT2D eigenvalue weighted by Gasteiger charge is 2.34. The lowest BCUT2D eigenvalue weighted by Gasteiger charge is -2.04. The minimum Gasteiger partial charge on any atom is -0.493 e. The molecule has 0 aliphatic carbocycles. The Morgan fingerprint density at radius 1 is 1.25 bits per heavy atom. The van der Waals surface area contributed by atoms with Crippen LogP contribution < -0.4 is 5.32 Å². The molecular weight excluding hydrogens is 282 g/mol. The van der Waals surface area contributed by atoms with E-state index in [1.807, 2.05) is 0 Å². The molecule has 0 fully saturated rings. The van der Waals surface area contributed by atoms with Gasteiger partial charge in [0.1, 0.15) is 0 Å². The number of esters is 1. The Morgan fingerprint density at radius 2 is 1.90 bits per heavy atom. The predicted octanol–water partition coefficient (Wildman–Crippen LogP) is 1.88. The van der Waals surface area contributed by atoms with Crippen LogP contribution >= 0.6 is 11.6 Å². The van der Waals surface area contributed by atoms with Gasteiger partial charge in [-0.3, -0.25) is 4.79 Å². The second-order valence-corrected chi connectivity index (χ2v) is 4.40. The number of carbonyl (C=O) groups is 2. The van der Waals surface area contributed by atoms with Crippen LogP contribution in [-0.4, -0.2) is 26.1 Å². The Balaban J connectivity index is 2.43. The first-order chi connectivity index (χ1) is 9.56. The molecule has 1 heterocycles. The van der Waals surface area contributed by atoms with Crippen molar-refractivity contribution in [3.63, 3.8) is 0 Å². The topological polar surface area (TPSA) is 64.6 Å². The first-order valence-electron chi connectivity index (χ1n) is 5.72. The molecule has 0 unspecified atom stereocenters. The standard InChI is InChI=1S/C14H12ClNO4/c1-19-12-10(7-8-3-5-9(15)6-4-8)16-13(17)11(12)14(18)20-2/h3-7H,1-2H3,(H,16,17)/b10-7+. The molecular formula is C14H12ClNO4. The third-order valence-corrected chi connectivity index (χ3v) is 2.97. The number of carbonyl (C=O) groups excluding carboxylic acids is 2. The molecule has 0 saturated heterocycles. The lowest BCUT2D eigenvalue weighted by molar-refractivity contribution is -0.137. The van der Waals surface area contributed by atoms with Gasteiger partial charge >= 0.3 is 5.97 Å². The molecule has 6 heteroatoms. The number of rotatable bonds is 3. The third kappa shape index (κ3) is 2.67. The van der Waals surface area contributed by atoms with Crippen LogP contribution in [0.5, 0.6) is 0 Å². The van der Waals surface area contributed by atoms with Crippen molar-refractivity contribution in [3.05, 3.63) is 51.9 Å². The molecule has 0 spiro atoms. The van der Waals surface area contributed by atoms with Gasteiger partial charge in [0, 0.05) is 5.02 Å². The van der Waals surface area contributed by atoms with E-state index in [0.717, 1.165) is 5.56 Å². The molecule has 104 valence electrons. The highest BCUT2D eigenvalue weighted by atomic mass is 35.5. The summed E-state index contributed by atoms with van der Waals surface area (Å²) >= 11 is 5.81. The number of amides is 1. The minimum atomic E-state index is -0.737. The average Bonchev–Trinajstić information content (AvgIpc) is 2.76. The van der Waals surface area contributed by atoms with Crippen molar-refractivity contribution < 1.29 is 19.1 Å². The quantitative estimate of drug-likeness (QED) is 0.683. The number of methoxy groups -OCH3 is 2. The van der Waals surface area contributed by atoms with E-state index >= 15 is 0 Å². The number of halogens is 1. The molecule has 5 nitrogen and oxygen atoms in total. The molecule has 0 aromatic heterocycles. The molecule has 2 rings (SSSR count). The number of ether oxygens (including phenoxy) is 2. The molecule has 1 aliphatic rings. The molecule has 0 bridgehead atoms. The van der Waals surface area contributed by atoms with E-state index in [1.165, 1.54) is 14.2 Å². The Kier molecular flexibility index (Phi) is 4.10. The highest BCUT2D eigenvalue weighted by Crippen LogP contribution is 2.24. The Morgan fingerprint density at radius 3 is 2.45 bits per heavy atom. The molecule has 0 saturated carbocycles. The van der Waals surface area contributed by atoms with Gasteiger partial charge in [-0.05, 0) is 23.8 Å². The van der Waals surface area contributed by atoms with Gasteiger partial charge in [-0.1, -0.05) is 23.7 Å². The number of benzene rings is 1. The van der Waals surface area contributed by atoms with E-state index in [-0.39, 0.29) is 11.3 Å². The average molecular weight is 294 g/mol. The van der Waals surface area contributed by atoms with Crippen LogP contribution in [0.15, 0.2) is 41.3 Å². The molecule has 1 amide bonds. The fourth-order valence-electron chi connectivity index (χ4n) is 1.81. The van der Waals surface area contributed by atoms with Gasteiger partial charge < -0.3 is 14.8 Å². The maximum atomic E-state index is 11.8. The number of hydrogen-bond donors (Lipinski definition) is 1. The molecule has 1 aliphatic heterocycles. The van der Waals surface area contributed by atoms with E-state index < -0.39 is 11.9 Å². The second kappa shape index (κ2) is 5.79. The van der Waals surface area contributed by atoms with Gasteiger partial charge in [-0.2, -0.15) is 0 Å². The van der Waals surface area contributed by atoms with Crippen molar-refractivity contribution in [2.24, 2.45) is 0 Å². The zero-order chi connectivity index (χ0) is 14.7. The molecule has 0 radical (unpaired) electrons. The summed E-state index contributed by atoms with van der Waals surface area (Å²) in [5, 5.41) is 3.18. The normalized spacial score (nSPS) is 16.4. The van der Waals surface area contributed by atoms with Crippen molar-refractivity contribution in [3.8, 4) is 0 Å². The number of nitrogens with one attached hydrogen (secondary N) is 1. The van der Waals surface area contributed by atoms with Crippen LogP contribution in [0.4, 0.5) is 0 Å². The highest BCUT2D eigenvalue weighted by molar-refractivity contribution is 6.30. The zero-order valence-electron chi connectivity index (χ0n) is 10.9. The Bertz CT molecular complexity index is 617. The second-order valence-electron chi connectivity index (χ2n) is 3.96. The molecule has 1 aromatic carbocycles. The largest absolute Gasteiger partial charge is 0.493 e. The van der Waals surface area contributed by atoms with Gasteiger partial charge in [-0.15, -0.1) is 0 Å². The van der Waals surface area contributed by atoms with E-state index in [0.29, 0.717) is 10.7 Å². The smallest absolute Gasteiger partial charge is 0.347 e. The third-order valence-electron chi connectivity index (χ3n) is 2.72. The van der Waals surface area contributed by atoms with Crippen LogP contribution in [0.3, 0.4) is 0 Å². The maximum absolute atomic E-state index is 11.8. The number of hydrogen-bond acceptors (Lipinski definition) is 4. The summed E-state index contributed by atoms with van der Waals surface area (Å²) in [5.74, 6) is -1.12. The van der Waals surface area contributed by atoms with Gasteiger partial charge in [0.25, 0.3) is 5.91 Å². The summed E-state index contributed by atoms with van der Waals surface area (Å²) in [6.45, 7) is 0. The molecule has 1 N–H and O–H groups in total. The van der Waals surface area contributed by atoms with Crippen LogP contribution in [0.25, 0.3) is 6.08 Å². The fourth-order valence-corrected chi connectivity index (χ4v) is 1.93. The lowest BCUT2D eigenvalue weighted by Crippen LogP contribution is -2.20. The minimum absolute atomic E-state index is 0.143. The Labute approximate surface area is 120 Å². The fraction of sp³-hybridized carbons (Fsp3) is 0.143. The zero-order valence-corrected chi connectivity index (χ0v) is 11.7. The lowest BCUT2D eigenvalue weighted by atomic mass is 10.1.